The number of nitrogens with zero attached hydrogens (tertiary/aromatic N) is 4. The highest BCUT2D eigenvalue weighted by molar-refractivity contribution is 9.10. The molecule has 0 aliphatic carbocycles. The normalized spacial score (nSPS) is 15.7. The van der Waals surface area contributed by atoms with Crippen LogP contribution in [0.15, 0.2) is 35.3 Å². The predicted molar refractivity (Wildman–Crippen MR) is 90.6 cm³/mol. The van der Waals surface area contributed by atoms with Crippen LogP contribution in [0.25, 0.3) is 5.69 Å². The SMILES string of the molecule is CCOC(=O)C1CCN(c2cnccc2-n2cc(Br)cn2)CC1. The molecule has 0 aromatic carbocycles. The van der Waals surface area contributed by atoms with Gasteiger partial charge in [0.1, 0.15) is 0 Å². The van der Waals surface area contributed by atoms with Gasteiger partial charge in [-0.05, 0) is 41.8 Å². The van der Waals surface area contributed by atoms with Crippen molar-refractivity contribution in [2.75, 3.05) is 24.6 Å². The number of carbonyl (C=O) groups is 1. The van der Waals surface area contributed by atoms with Crippen LogP contribution in [0, 0.1) is 5.92 Å². The average molecular weight is 379 g/mol. The fourth-order valence-corrected chi connectivity index (χ4v) is 3.15. The van der Waals surface area contributed by atoms with E-state index in [0.29, 0.717) is 6.61 Å². The van der Waals surface area contributed by atoms with Gasteiger partial charge in [-0.25, -0.2) is 4.68 Å². The minimum Gasteiger partial charge on any atom is -0.466 e. The van der Waals surface area contributed by atoms with Crippen LogP contribution in [0.3, 0.4) is 0 Å². The molecule has 6 nitrogen and oxygen atoms in total. The highest BCUT2D eigenvalue weighted by Crippen LogP contribution is 2.28. The Balaban J connectivity index is 1.75. The first-order valence-corrected chi connectivity index (χ1v) is 8.54. The van der Waals surface area contributed by atoms with E-state index < -0.39 is 0 Å². The summed E-state index contributed by atoms with van der Waals surface area (Å²) in [5, 5.41) is 4.35. The fourth-order valence-electron chi connectivity index (χ4n) is 2.86. The Kier molecular flexibility index (Phi) is 4.95. The summed E-state index contributed by atoms with van der Waals surface area (Å²) in [4.78, 5) is 18.4. The molecule has 0 saturated carbocycles. The standard InChI is InChI=1S/C16H19BrN4O2/c1-2-23-16(22)12-4-7-20(8-5-12)15-10-18-6-3-14(15)21-11-13(17)9-19-21/h3,6,9-12H,2,4-5,7-8H2,1H3. The Bertz CT molecular complexity index is 680. The summed E-state index contributed by atoms with van der Waals surface area (Å²) in [7, 11) is 0. The molecule has 0 N–H and O–H groups in total. The lowest BCUT2D eigenvalue weighted by Crippen LogP contribution is -2.37. The molecule has 0 amide bonds. The second-order valence-electron chi connectivity index (χ2n) is 5.48. The Labute approximate surface area is 143 Å². The number of anilines is 1. The molecular formula is C16H19BrN4O2. The molecule has 0 unspecified atom stereocenters. The number of hydrogen-bond acceptors (Lipinski definition) is 5. The van der Waals surface area contributed by atoms with Crippen molar-refractivity contribution in [2.45, 2.75) is 19.8 Å². The van der Waals surface area contributed by atoms with E-state index in [-0.39, 0.29) is 11.9 Å². The maximum Gasteiger partial charge on any atom is 0.309 e. The van der Waals surface area contributed by atoms with E-state index >= 15 is 0 Å². The number of esters is 1. The van der Waals surface area contributed by atoms with E-state index in [2.05, 4.69) is 30.9 Å². The zero-order valence-electron chi connectivity index (χ0n) is 13.0. The van der Waals surface area contributed by atoms with Gasteiger partial charge in [-0.2, -0.15) is 5.10 Å². The zero-order valence-corrected chi connectivity index (χ0v) is 14.6. The van der Waals surface area contributed by atoms with E-state index in [9.17, 15) is 4.79 Å². The van der Waals surface area contributed by atoms with Crippen LogP contribution in [-0.4, -0.2) is 40.4 Å². The lowest BCUT2D eigenvalue weighted by molar-refractivity contribution is -0.148. The first kappa shape index (κ1) is 16.0. The number of pyridine rings is 1. The summed E-state index contributed by atoms with van der Waals surface area (Å²) in [6, 6.07) is 1.95. The molecule has 0 spiro atoms. The molecule has 1 aliphatic rings. The number of carbonyl (C=O) groups excluding carboxylic acids is 1. The summed E-state index contributed by atoms with van der Waals surface area (Å²) in [5.41, 5.74) is 2.02. The predicted octanol–water partition coefficient (Wildman–Crippen LogP) is 2.81. The van der Waals surface area contributed by atoms with Crippen LogP contribution in [0.2, 0.25) is 0 Å². The molecule has 2 aromatic heterocycles. The lowest BCUT2D eigenvalue weighted by atomic mass is 9.96. The van der Waals surface area contributed by atoms with E-state index in [1.165, 1.54) is 0 Å². The second-order valence-corrected chi connectivity index (χ2v) is 6.40. The summed E-state index contributed by atoms with van der Waals surface area (Å²) < 4.78 is 7.89. The van der Waals surface area contributed by atoms with Gasteiger partial charge in [-0.3, -0.25) is 9.78 Å². The van der Waals surface area contributed by atoms with Crippen molar-refractivity contribution in [3.8, 4) is 5.69 Å². The topological polar surface area (TPSA) is 60.2 Å². The van der Waals surface area contributed by atoms with Gasteiger partial charge < -0.3 is 9.64 Å². The largest absolute Gasteiger partial charge is 0.466 e. The van der Waals surface area contributed by atoms with Crippen molar-refractivity contribution in [3.63, 3.8) is 0 Å². The fraction of sp³-hybridized carbons (Fsp3) is 0.438. The highest BCUT2D eigenvalue weighted by Gasteiger charge is 2.27. The van der Waals surface area contributed by atoms with Crippen molar-refractivity contribution in [1.29, 1.82) is 0 Å². The quantitative estimate of drug-likeness (QED) is 0.765. The minimum absolute atomic E-state index is 0.00479. The van der Waals surface area contributed by atoms with Gasteiger partial charge in [0, 0.05) is 25.5 Å². The smallest absolute Gasteiger partial charge is 0.309 e. The first-order valence-electron chi connectivity index (χ1n) is 7.75. The van der Waals surface area contributed by atoms with E-state index in [1.807, 2.05) is 30.1 Å². The van der Waals surface area contributed by atoms with Crippen LogP contribution >= 0.6 is 15.9 Å². The van der Waals surface area contributed by atoms with Gasteiger partial charge >= 0.3 is 5.97 Å². The monoisotopic (exact) mass is 378 g/mol. The molecule has 2 aromatic rings. The average Bonchev–Trinajstić information content (AvgIpc) is 3.02. The molecule has 1 saturated heterocycles. The van der Waals surface area contributed by atoms with Crippen molar-refractivity contribution in [1.82, 2.24) is 14.8 Å². The Hall–Kier alpha value is -1.89. The third kappa shape index (κ3) is 3.55. The summed E-state index contributed by atoms with van der Waals surface area (Å²) in [6.45, 7) is 3.91. The third-order valence-electron chi connectivity index (χ3n) is 4.03. The van der Waals surface area contributed by atoms with Gasteiger partial charge in [0.05, 0.1) is 40.8 Å². The number of aromatic nitrogens is 3. The maximum atomic E-state index is 11.9. The molecular weight excluding hydrogens is 360 g/mol. The van der Waals surface area contributed by atoms with Crippen LogP contribution < -0.4 is 4.90 Å². The summed E-state index contributed by atoms with van der Waals surface area (Å²) in [5.74, 6) is -0.0697. The summed E-state index contributed by atoms with van der Waals surface area (Å²) in [6.07, 6.45) is 8.91. The minimum atomic E-state index is -0.0745. The zero-order chi connectivity index (χ0) is 16.2. The first-order chi connectivity index (χ1) is 11.2. The van der Waals surface area contributed by atoms with Gasteiger partial charge in [-0.1, -0.05) is 0 Å². The molecule has 7 heteroatoms. The Morgan fingerprint density at radius 2 is 2.13 bits per heavy atom. The number of ether oxygens (including phenoxy) is 1. The molecule has 0 radical (unpaired) electrons. The van der Waals surface area contributed by atoms with E-state index in [1.54, 1.807) is 12.4 Å². The Morgan fingerprint density at radius 1 is 1.35 bits per heavy atom. The summed E-state index contributed by atoms with van der Waals surface area (Å²) >= 11 is 3.42. The Morgan fingerprint density at radius 3 is 2.78 bits per heavy atom. The highest BCUT2D eigenvalue weighted by atomic mass is 79.9. The number of hydrogen-bond donors (Lipinski definition) is 0. The van der Waals surface area contributed by atoms with Crippen molar-refractivity contribution >= 4 is 27.6 Å². The van der Waals surface area contributed by atoms with Crippen molar-refractivity contribution in [2.24, 2.45) is 5.92 Å². The number of halogens is 1. The van der Waals surface area contributed by atoms with Gasteiger partial charge in [0.25, 0.3) is 0 Å². The molecule has 0 bridgehead atoms. The molecule has 3 rings (SSSR count). The van der Waals surface area contributed by atoms with E-state index in [4.69, 9.17) is 4.74 Å². The van der Waals surface area contributed by atoms with Gasteiger partial charge in [-0.15, -0.1) is 0 Å². The molecule has 3 heterocycles. The second kappa shape index (κ2) is 7.12. The number of rotatable bonds is 4. The van der Waals surface area contributed by atoms with Crippen LogP contribution in [0.5, 0.6) is 0 Å². The van der Waals surface area contributed by atoms with Gasteiger partial charge in [0.15, 0.2) is 0 Å². The molecule has 0 atom stereocenters. The molecule has 1 aliphatic heterocycles. The van der Waals surface area contributed by atoms with E-state index in [0.717, 1.165) is 41.8 Å². The number of piperidine rings is 1. The lowest BCUT2D eigenvalue weighted by Gasteiger charge is -2.33. The van der Waals surface area contributed by atoms with Crippen molar-refractivity contribution < 1.29 is 9.53 Å². The maximum absolute atomic E-state index is 11.9. The van der Waals surface area contributed by atoms with Crippen LogP contribution in [-0.2, 0) is 9.53 Å². The van der Waals surface area contributed by atoms with Crippen LogP contribution in [0.1, 0.15) is 19.8 Å². The molecule has 23 heavy (non-hydrogen) atoms. The van der Waals surface area contributed by atoms with Crippen LogP contribution in [0.4, 0.5) is 5.69 Å². The van der Waals surface area contributed by atoms with Gasteiger partial charge in [0.2, 0.25) is 0 Å². The van der Waals surface area contributed by atoms with Crippen molar-refractivity contribution in [3.05, 3.63) is 35.3 Å². The molecule has 1 fully saturated rings. The third-order valence-corrected chi connectivity index (χ3v) is 4.44. The molecule has 122 valence electrons.